The molecule has 90 valence electrons. The number of nitrogens with zero attached hydrogens (tertiary/aromatic N) is 2. The van der Waals surface area contributed by atoms with Gasteiger partial charge in [-0.1, -0.05) is 0 Å². The Morgan fingerprint density at radius 1 is 1.59 bits per heavy atom. The van der Waals surface area contributed by atoms with Gasteiger partial charge < -0.3 is 14.4 Å². The molecule has 0 fully saturated rings. The van der Waals surface area contributed by atoms with Crippen LogP contribution in [0.15, 0.2) is 24.5 Å². The van der Waals surface area contributed by atoms with E-state index >= 15 is 0 Å². The van der Waals surface area contributed by atoms with E-state index < -0.39 is 5.97 Å². The number of aromatic nitrogens is 2. The van der Waals surface area contributed by atoms with Crippen LogP contribution in [-0.2, 0) is 22.5 Å². The zero-order valence-corrected chi connectivity index (χ0v) is 9.59. The lowest BCUT2D eigenvalue weighted by Gasteiger charge is -2.02. The van der Waals surface area contributed by atoms with Crippen LogP contribution in [0.3, 0.4) is 0 Å². The Kier molecular flexibility index (Phi) is 3.39. The van der Waals surface area contributed by atoms with Gasteiger partial charge in [0.1, 0.15) is 5.65 Å². The molecule has 5 heteroatoms. The van der Waals surface area contributed by atoms with E-state index in [2.05, 4.69) is 4.98 Å². The monoisotopic (exact) mass is 234 g/mol. The number of pyridine rings is 1. The SMILES string of the molecule is COCCn1cc(CC(=O)O)c2cccnc21. The first kappa shape index (κ1) is 11.6. The summed E-state index contributed by atoms with van der Waals surface area (Å²) >= 11 is 0. The van der Waals surface area contributed by atoms with Gasteiger partial charge >= 0.3 is 5.97 Å². The van der Waals surface area contributed by atoms with E-state index in [1.807, 2.05) is 22.9 Å². The maximum absolute atomic E-state index is 10.8. The van der Waals surface area contributed by atoms with Crippen LogP contribution in [-0.4, -0.2) is 34.3 Å². The smallest absolute Gasteiger partial charge is 0.307 e. The lowest BCUT2D eigenvalue weighted by atomic mass is 10.2. The molecular weight excluding hydrogens is 220 g/mol. The average Bonchev–Trinajstić information content (AvgIpc) is 2.65. The number of hydrogen-bond acceptors (Lipinski definition) is 3. The number of carboxylic acids is 1. The molecule has 0 aliphatic rings. The molecule has 0 saturated carbocycles. The van der Waals surface area contributed by atoms with Gasteiger partial charge in [-0.3, -0.25) is 4.79 Å². The van der Waals surface area contributed by atoms with Gasteiger partial charge in [-0.25, -0.2) is 4.98 Å². The Morgan fingerprint density at radius 2 is 2.41 bits per heavy atom. The van der Waals surface area contributed by atoms with Crippen molar-refractivity contribution in [3.8, 4) is 0 Å². The fourth-order valence-electron chi connectivity index (χ4n) is 1.86. The summed E-state index contributed by atoms with van der Waals surface area (Å²) in [6, 6.07) is 3.71. The molecule has 0 aliphatic carbocycles. The van der Waals surface area contributed by atoms with Crippen molar-refractivity contribution in [2.75, 3.05) is 13.7 Å². The molecule has 0 aliphatic heterocycles. The number of carboxylic acid groups (broad SMARTS) is 1. The predicted molar refractivity (Wildman–Crippen MR) is 62.9 cm³/mol. The number of rotatable bonds is 5. The minimum atomic E-state index is -0.834. The van der Waals surface area contributed by atoms with Crippen molar-refractivity contribution in [2.45, 2.75) is 13.0 Å². The number of hydrogen-bond donors (Lipinski definition) is 1. The summed E-state index contributed by atoms with van der Waals surface area (Å²) < 4.78 is 6.95. The third kappa shape index (κ3) is 2.45. The van der Waals surface area contributed by atoms with E-state index in [0.717, 1.165) is 16.6 Å². The molecule has 0 atom stereocenters. The van der Waals surface area contributed by atoms with Gasteiger partial charge in [-0.2, -0.15) is 0 Å². The quantitative estimate of drug-likeness (QED) is 0.847. The Labute approximate surface area is 98.6 Å². The van der Waals surface area contributed by atoms with Crippen molar-refractivity contribution >= 4 is 17.0 Å². The second kappa shape index (κ2) is 4.97. The summed E-state index contributed by atoms with van der Waals surface area (Å²) in [5, 5.41) is 9.75. The normalized spacial score (nSPS) is 10.9. The number of methoxy groups -OCH3 is 1. The largest absolute Gasteiger partial charge is 0.481 e. The number of aliphatic carboxylic acids is 1. The van der Waals surface area contributed by atoms with E-state index in [1.54, 1.807) is 13.3 Å². The first-order valence-electron chi connectivity index (χ1n) is 5.36. The van der Waals surface area contributed by atoms with Crippen LogP contribution in [0.4, 0.5) is 0 Å². The lowest BCUT2D eigenvalue weighted by molar-refractivity contribution is -0.136. The number of carbonyl (C=O) groups is 1. The van der Waals surface area contributed by atoms with Crippen molar-refractivity contribution in [1.82, 2.24) is 9.55 Å². The molecular formula is C12H14N2O3. The lowest BCUT2D eigenvalue weighted by Crippen LogP contribution is -2.03. The Balaban J connectivity index is 2.42. The molecule has 5 nitrogen and oxygen atoms in total. The molecule has 2 aromatic rings. The highest BCUT2D eigenvalue weighted by Crippen LogP contribution is 2.19. The molecule has 0 bridgehead atoms. The fourth-order valence-corrected chi connectivity index (χ4v) is 1.86. The second-order valence-electron chi connectivity index (χ2n) is 3.79. The summed E-state index contributed by atoms with van der Waals surface area (Å²) in [6.07, 6.45) is 3.56. The van der Waals surface area contributed by atoms with Crippen molar-refractivity contribution in [2.24, 2.45) is 0 Å². The Bertz CT molecular complexity index is 534. The molecule has 2 aromatic heterocycles. The maximum Gasteiger partial charge on any atom is 0.307 e. The molecule has 2 rings (SSSR count). The standard InChI is InChI=1S/C12H14N2O3/c1-17-6-5-14-8-9(7-11(15)16)10-3-2-4-13-12(10)14/h2-4,8H,5-7H2,1H3,(H,15,16). The molecule has 0 radical (unpaired) electrons. The molecule has 0 aromatic carbocycles. The van der Waals surface area contributed by atoms with Gasteiger partial charge in [-0.15, -0.1) is 0 Å². The molecule has 0 spiro atoms. The van der Waals surface area contributed by atoms with Crippen LogP contribution in [0.5, 0.6) is 0 Å². The zero-order chi connectivity index (χ0) is 12.3. The Hall–Kier alpha value is -1.88. The van der Waals surface area contributed by atoms with Crippen LogP contribution in [0, 0.1) is 0 Å². The van der Waals surface area contributed by atoms with Gasteiger partial charge in [0.25, 0.3) is 0 Å². The Morgan fingerprint density at radius 3 is 3.12 bits per heavy atom. The van der Waals surface area contributed by atoms with Gasteiger partial charge in [0.05, 0.1) is 13.0 Å². The second-order valence-corrected chi connectivity index (χ2v) is 3.79. The highest BCUT2D eigenvalue weighted by atomic mass is 16.5. The van der Waals surface area contributed by atoms with Crippen molar-refractivity contribution in [1.29, 1.82) is 0 Å². The third-order valence-electron chi connectivity index (χ3n) is 2.59. The number of ether oxygens (including phenoxy) is 1. The molecule has 0 saturated heterocycles. The van der Waals surface area contributed by atoms with Gasteiger partial charge in [-0.05, 0) is 17.7 Å². The molecule has 1 N–H and O–H groups in total. The van der Waals surface area contributed by atoms with E-state index in [4.69, 9.17) is 9.84 Å². The van der Waals surface area contributed by atoms with Crippen LogP contribution < -0.4 is 0 Å². The van der Waals surface area contributed by atoms with E-state index in [9.17, 15) is 4.79 Å². The topological polar surface area (TPSA) is 64.3 Å². The average molecular weight is 234 g/mol. The van der Waals surface area contributed by atoms with Crippen LogP contribution in [0.2, 0.25) is 0 Å². The summed E-state index contributed by atoms with van der Waals surface area (Å²) in [5.74, 6) is -0.834. The van der Waals surface area contributed by atoms with Crippen molar-refractivity contribution in [3.63, 3.8) is 0 Å². The summed E-state index contributed by atoms with van der Waals surface area (Å²) in [6.45, 7) is 1.25. The minimum absolute atomic E-state index is 0.0160. The molecule has 0 amide bonds. The highest BCUT2D eigenvalue weighted by molar-refractivity contribution is 5.84. The number of fused-ring (bicyclic) bond motifs is 1. The molecule has 0 unspecified atom stereocenters. The summed E-state index contributed by atoms with van der Waals surface area (Å²) in [5.41, 5.74) is 1.59. The third-order valence-corrected chi connectivity index (χ3v) is 2.59. The van der Waals surface area contributed by atoms with Crippen molar-refractivity contribution < 1.29 is 14.6 Å². The maximum atomic E-state index is 10.8. The van der Waals surface area contributed by atoms with E-state index in [1.165, 1.54) is 0 Å². The van der Waals surface area contributed by atoms with Crippen LogP contribution in [0.1, 0.15) is 5.56 Å². The van der Waals surface area contributed by atoms with Gasteiger partial charge in [0, 0.05) is 31.4 Å². The first-order chi connectivity index (χ1) is 8.22. The summed E-state index contributed by atoms with van der Waals surface area (Å²) in [4.78, 5) is 15.1. The van der Waals surface area contributed by atoms with E-state index in [0.29, 0.717) is 13.2 Å². The zero-order valence-electron chi connectivity index (χ0n) is 9.59. The first-order valence-corrected chi connectivity index (χ1v) is 5.36. The minimum Gasteiger partial charge on any atom is -0.481 e. The molecule has 17 heavy (non-hydrogen) atoms. The highest BCUT2D eigenvalue weighted by Gasteiger charge is 2.11. The van der Waals surface area contributed by atoms with E-state index in [-0.39, 0.29) is 6.42 Å². The van der Waals surface area contributed by atoms with Crippen molar-refractivity contribution in [3.05, 3.63) is 30.1 Å². The molecule has 2 heterocycles. The van der Waals surface area contributed by atoms with Crippen LogP contribution >= 0.6 is 0 Å². The van der Waals surface area contributed by atoms with Gasteiger partial charge in [0.2, 0.25) is 0 Å². The predicted octanol–water partition coefficient (Wildman–Crippen LogP) is 1.31. The van der Waals surface area contributed by atoms with Gasteiger partial charge in [0.15, 0.2) is 0 Å². The summed E-state index contributed by atoms with van der Waals surface area (Å²) in [7, 11) is 1.64. The fraction of sp³-hybridized carbons (Fsp3) is 0.333. The van der Waals surface area contributed by atoms with Crippen LogP contribution in [0.25, 0.3) is 11.0 Å².